The summed E-state index contributed by atoms with van der Waals surface area (Å²) in [6.45, 7) is 0.0623. The van der Waals surface area contributed by atoms with Gasteiger partial charge in [0, 0.05) is 0 Å². The third-order valence-electron chi connectivity index (χ3n) is 1.70. The van der Waals surface area contributed by atoms with Crippen LogP contribution in [0.5, 0.6) is 0 Å². The fourth-order valence-corrected chi connectivity index (χ4v) is 1.08. The van der Waals surface area contributed by atoms with E-state index in [0.717, 1.165) is 19.3 Å². The van der Waals surface area contributed by atoms with Crippen molar-refractivity contribution in [2.75, 3.05) is 6.61 Å². The van der Waals surface area contributed by atoms with Gasteiger partial charge in [0.25, 0.3) is 0 Å². The van der Waals surface area contributed by atoms with E-state index in [1.807, 2.05) is 18.2 Å². The minimum absolute atomic E-state index is 0.0623. The Kier molecular flexibility index (Phi) is 3.70. The van der Waals surface area contributed by atoms with Crippen molar-refractivity contribution in [1.82, 2.24) is 0 Å². The normalized spacial score (nSPS) is 9.91. The number of rotatable bonds is 4. The number of hydrogen-bond donors (Lipinski definition) is 0. The summed E-state index contributed by atoms with van der Waals surface area (Å²) in [6, 6.07) is 10.3. The molecule has 0 aliphatic carbocycles. The number of benzene rings is 1. The first kappa shape index (κ1) is 8.28. The Labute approximate surface area is 67.7 Å². The van der Waals surface area contributed by atoms with Crippen LogP contribution in [0, 0.1) is 0 Å². The fraction of sp³-hybridized carbons (Fsp3) is 0.400. The van der Waals surface area contributed by atoms with Crippen molar-refractivity contribution in [3.8, 4) is 0 Å². The first-order chi connectivity index (χ1) is 5.43. The average molecular weight is 149 g/mol. The molecule has 0 saturated carbocycles. The van der Waals surface area contributed by atoms with Gasteiger partial charge < -0.3 is 0 Å². The second kappa shape index (κ2) is 4.91. The van der Waals surface area contributed by atoms with Gasteiger partial charge in [0.05, 0.1) is 6.61 Å². The Morgan fingerprint density at radius 2 is 1.73 bits per heavy atom. The molecular weight excluding hydrogens is 136 g/mol. The van der Waals surface area contributed by atoms with E-state index in [1.54, 1.807) is 0 Å². The highest BCUT2D eigenvalue weighted by atomic mass is 16.2. The summed E-state index contributed by atoms with van der Waals surface area (Å²) < 4.78 is 0. The van der Waals surface area contributed by atoms with E-state index in [1.165, 1.54) is 5.56 Å². The Balaban J connectivity index is 2.28. The van der Waals surface area contributed by atoms with Gasteiger partial charge in [0.2, 0.25) is 0 Å². The van der Waals surface area contributed by atoms with E-state index in [4.69, 9.17) is 0 Å². The van der Waals surface area contributed by atoms with Gasteiger partial charge in [-0.2, -0.15) is 0 Å². The molecular formula is C10H13O. The van der Waals surface area contributed by atoms with Crippen molar-refractivity contribution in [1.29, 1.82) is 0 Å². The van der Waals surface area contributed by atoms with Gasteiger partial charge in [0.1, 0.15) is 0 Å². The standard InChI is InChI=1S/C10H13O/c11-9-5-4-8-10-6-2-1-3-7-10/h1-3,6-7H,4-5,8-9H2. The maximum atomic E-state index is 10.1. The second-order valence-electron chi connectivity index (χ2n) is 2.65. The highest BCUT2D eigenvalue weighted by Crippen LogP contribution is 2.03. The molecule has 0 heterocycles. The van der Waals surface area contributed by atoms with Crippen molar-refractivity contribution in [2.24, 2.45) is 0 Å². The zero-order valence-electron chi connectivity index (χ0n) is 6.62. The molecule has 0 unspecified atom stereocenters. The predicted octanol–water partition coefficient (Wildman–Crippen LogP) is 2.44. The van der Waals surface area contributed by atoms with Gasteiger partial charge in [-0.05, 0) is 24.8 Å². The summed E-state index contributed by atoms with van der Waals surface area (Å²) in [5.41, 5.74) is 1.33. The minimum Gasteiger partial charge on any atom is -0.237 e. The summed E-state index contributed by atoms with van der Waals surface area (Å²) in [5.74, 6) is 0. The van der Waals surface area contributed by atoms with Crippen LogP contribution >= 0.6 is 0 Å². The summed E-state index contributed by atoms with van der Waals surface area (Å²) in [7, 11) is 0. The molecule has 0 amide bonds. The highest BCUT2D eigenvalue weighted by molar-refractivity contribution is 5.14. The molecule has 11 heavy (non-hydrogen) atoms. The molecule has 1 radical (unpaired) electrons. The third-order valence-corrected chi connectivity index (χ3v) is 1.70. The van der Waals surface area contributed by atoms with Crippen LogP contribution < -0.4 is 0 Å². The lowest BCUT2D eigenvalue weighted by Gasteiger charge is -1.97. The van der Waals surface area contributed by atoms with Crippen LogP contribution in [0.1, 0.15) is 18.4 Å². The van der Waals surface area contributed by atoms with Crippen molar-refractivity contribution in [3.05, 3.63) is 35.9 Å². The van der Waals surface area contributed by atoms with Gasteiger partial charge in [-0.1, -0.05) is 30.3 Å². The molecule has 59 valence electrons. The average Bonchev–Trinajstić information content (AvgIpc) is 2.07. The van der Waals surface area contributed by atoms with Crippen molar-refractivity contribution < 1.29 is 5.11 Å². The van der Waals surface area contributed by atoms with Crippen LogP contribution in [0.25, 0.3) is 0 Å². The monoisotopic (exact) mass is 149 g/mol. The van der Waals surface area contributed by atoms with Gasteiger partial charge in [-0.3, -0.25) is 0 Å². The first-order valence-electron chi connectivity index (χ1n) is 4.05. The highest BCUT2D eigenvalue weighted by Gasteiger charge is 1.90. The van der Waals surface area contributed by atoms with Crippen LogP contribution in [0.15, 0.2) is 30.3 Å². The Morgan fingerprint density at radius 1 is 1.00 bits per heavy atom. The molecule has 0 aliphatic heterocycles. The molecule has 0 N–H and O–H groups in total. The van der Waals surface area contributed by atoms with Gasteiger partial charge in [-0.15, -0.1) is 0 Å². The van der Waals surface area contributed by atoms with Crippen LogP contribution in [0.3, 0.4) is 0 Å². The molecule has 1 nitrogen and oxygen atoms in total. The molecule has 0 aromatic heterocycles. The molecule has 0 aliphatic rings. The fourth-order valence-electron chi connectivity index (χ4n) is 1.08. The van der Waals surface area contributed by atoms with Crippen LogP contribution in [0.4, 0.5) is 0 Å². The molecule has 0 spiro atoms. The summed E-state index contributed by atoms with van der Waals surface area (Å²) in [5, 5.41) is 10.1. The van der Waals surface area contributed by atoms with Gasteiger partial charge in [0.15, 0.2) is 0 Å². The van der Waals surface area contributed by atoms with E-state index in [-0.39, 0.29) is 6.61 Å². The van der Waals surface area contributed by atoms with E-state index in [0.29, 0.717) is 0 Å². The van der Waals surface area contributed by atoms with Crippen LogP contribution in [-0.2, 0) is 11.5 Å². The topological polar surface area (TPSA) is 19.9 Å². The maximum absolute atomic E-state index is 10.1. The molecule has 1 heteroatoms. The Hall–Kier alpha value is -0.820. The van der Waals surface area contributed by atoms with Crippen LogP contribution in [0.2, 0.25) is 0 Å². The van der Waals surface area contributed by atoms with E-state index in [2.05, 4.69) is 12.1 Å². The lowest BCUT2D eigenvalue weighted by molar-refractivity contribution is 0.187. The van der Waals surface area contributed by atoms with Crippen LogP contribution in [-0.4, -0.2) is 6.61 Å². The number of aryl methyl sites for hydroxylation is 1. The molecule has 0 fully saturated rings. The Bertz CT molecular complexity index is 181. The number of hydrogen-bond acceptors (Lipinski definition) is 0. The molecule has 0 bridgehead atoms. The molecule has 1 aromatic carbocycles. The summed E-state index contributed by atoms with van der Waals surface area (Å²) >= 11 is 0. The van der Waals surface area contributed by atoms with E-state index < -0.39 is 0 Å². The largest absolute Gasteiger partial charge is 0.237 e. The SMILES string of the molecule is [O]CCCCc1ccccc1. The Morgan fingerprint density at radius 3 is 2.36 bits per heavy atom. The van der Waals surface area contributed by atoms with E-state index in [9.17, 15) is 5.11 Å². The van der Waals surface area contributed by atoms with Crippen molar-refractivity contribution in [2.45, 2.75) is 19.3 Å². The first-order valence-corrected chi connectivity index (χ1v) is 4.05. The summed E-state index contributed by atoms with van der Waals surface area (Å²) in [6.07, 6.45) is 2.87. The zero-order chi connectivity index (χ0) is 7.94. The minimum atomic E-state index is 0.0623. The number of unbranched alkanes of at least 4 members (excludes halogenated alkanes) is 1. The zero-order valence-corrected chi connectivity index (χ0v) is 6.62. The van der Waals surface area contributed by atoms with E-state index >= 15 is 0 Å². The maximum Gasteiger partial charge on any atom is 0.0822 e. The second-order valence-corrected chi connectivity index (χ2v) is 2.65. The third kappa shape index (κ3) is 3.19. The van der Waals surface area contributed by atoms with Crippen molar-refractivity contribution in [3.63, 3.8) is 0 Å². The van der Waals surface area contributed by atoms with Gasteiger partial charge >= 0.3 is 0 Å². The lowest BCUT2D eigenvalue weighted by Crippen LogP contribution is -1.86. The predicted molar refractivity (Wildman–Crippen MR) is 44.9 cm³/mol. The quantitative estimate of drug-likeness (QED) is 0.586. The van der Waals surface area contributed by atoms with Gasteiger partial charge in [-0.25, -0.2) is 5.11 Å². The molecule has 1 aromatic rings. The summed E-state index contributed by atoms with van der Waals surface area (Å²) in [4.78, 5) is 0. The lowest BCUT2D eigenvalue weighted by atomic mass is 10.1. The van der Waals surface area contributed by atoms with Crippen molar-refractivity contribution >= 4 is 0 Å². The molecule has 0 atom stereocenters. The smallest absolute Gasteiger partial charge is 0.0822 e. The molecule has 1 rings (SSSR count). The molecule has 0 saturated heterocycles.